The van der Waals surface area contributed by atoms with Crippen LogP contribution in [0.1, 0.15) is 0 Å². The molecule has 2 aromatic carbocycles. The predicted molar refractivity (Wildman–Crippen MR) is 70.0 cm³/mol. The molecule has 0 heterocycles. The quantitative estimate of drug-likeness (QED) is 0.821. The van der Waals surface area contributed by atoms with E-state index in [0.29, 0.717) is 16.5 Å². The number of nitrogens with two attached hydrogens (primary N) is 1. The fourth-order valence-electron chi connectivity index (χ4n) is 1.29. The van der Waals surface area contributed by atoms with Gasteiger partial charge in [-0.1, -0.05) is 27.5 Å². The van der Waals surface area contributed by atoms with Gasteiger partial charge in [0.2, 0.25) is 0 Å². The molecule has 2 rings (SSSR count). The Hall–Kier alpha value is -1.26. The maximum Gasteiger partial charge on any atom is 0.165 e. The van der Waals surface area contributed by atoms with E-state index in [2.05, 4.69) is 15.9 Å². The zero-order valence-corrected chi connectivity index (χ0v) is 10.9. The second-order valence-corrected chi connectivity index (χ2v) is 4.71. The monoisotopic (exact) mass is 315 g/mol. The minimum Gasteiger partial charge on any atom is -0.452 e. The Kier molecular flexibility index (Phi) is 3.54. The Bertz CT molecular complexity index is 562. The fourth-order valence-corrected chi connectivity index (χ4v) is 1.81. The van der Waals surface area contributed by atoms with E-state index in [1.807, 2.05) is 0 Å². The third kappa shape index (κ3) is 2.90. The molecule has 2 nitrogen and oxygen atoms in total. The van der Waals surface area contributed by atoms with Crippen molar-refractivity contribution in [2.45, 2.75) is 0 Å². The Balaban J connectivity index is 2.34. The maximum absolute atomic E-state index is 13.5. The van der Waals surface area contributed by atoms with Gasteiger partial charge >= 0.3 is 0 Å². The van der Waals surface area contributed by atoms with Gasteiger partial charge in [-0.25, -0.2) is 4.39 Å². The SMILES string of the molecule is Nc1cc(Cl)ccc1Oc1cc(Br)ccc1F. The van der Waals surface area contributed by atoms with Crippen molar-refractivity contribution in [2.75, 3.05) is 5.73 Å². The minimum atomic E-state index is -0.456. The van der Waals surface area contributed by atoms with Crippen LogP contribution in [0.25, 0.3) is 0 Å². The van der Waals surface area contributed by atoms with Gasteiger partial charge in [-0.3, -0.25) is 0 Å². The molecule has 0 spiro atoms. The molecule has 0 aromatic heterocycles. The second-order valence-electron chi connectivity index (χ2n) is 3.36. The summed E-state index contributed by atoms with van der Waals surface area (Å²) in [5, 5.41) is 0.504. The zero-order chi connectivity index (χ0) is 12.4. The summed E-state index contributed by atoms with van der Waals surface area (Å²) >= 11 is 9.00. The Morgan fingerprint density at radius 3 is 2.59 bits per heavy atom. The topological polar surface area (TPSA) is 35.2 Å². The first kappa shape index (κ1) is 12.2. The normalized spacial score (nSPS) is 10.3. The molecular weight excluding hydrogens is 308 g/mol. The predicted octanol–water partition coefficient (Wildman–Crippen LogP) is 4.62. The lowest BCUT2D eigenvalue weighted by Crippen LogP contribution is -1.93. The molecule has 0 saturated heterocycles. The highest BCUT2D eigenvalue weighted by Gasteiger charge is 2.08. The van der Waals surface area contributed by atoms with E-state index in [0.717, 1.165) is 4.47 Å². The van der Waals surface area contributed by atoms with Crippen molar-refractivity contribution >= 4 is 33.2 Å². The molecule has 0 fully saturated rings. The lowest BCUT2D eigenvalue weighted by atomic mass is 10.3. The lowest BCUT2D eigenvalue weighted by molar-refractivity contribution is 0.444. The second kappa shape index (κ2) is 4.94. The first-order chi connectivity index (χ1) is 8.06. The third-order valence-corrected chi connectivity index (χ3v) is 2.81. The first-order valence-electron chi connectivity index (χ1n) is 4.74. The van der Waals surface area contributed by atoms with Crippen LogP contribution in [0.3, 0.4) is 0 Å². The van der Waals surface area contributed by atoms with E-state index in [9.17, 15) is 4.39 Å². The Labute approximate surface area is 111 Å². The molecule has 88 valence electrons. The molecule has 2 aromatic rings. The van der Waals surface area contributed by atoms with E-state index in [1.165, 1.54) is 12.1 Å². The van der Waals surface area contributed by atoms with Crippen LogP contribution in [0.2, 0.25) is 5.02 Å². The van der Waals surface area contributed by atoms with Crippen molar-refractivity contribution in [1.29, 1.82) is 0 Å². The third-order valence-electron chi connectivity index (χ3n) is 2.08. The average Bonchev–Trinajstić information content (AvgIpc) is 2.27. The average molecular weight is 317 g/mol. The number of anilines is 1. The number of hydrogen-bond acceptors (Lipinski definition) is 2. The molecule has 17 heavy (non-hydrogen) atoms. The Morgan fingerprint density at radius 2 is 1.88 bits per heavy atom. The van der Waals surface area contributed by atoms with Gasteiger partial charge in [-0.15, -0.1) is 0 Å². The molecule has 0 bridgehead atoms. The van der Waals surface area contributed by atoms with Crippen LogP contribution in [0, 0.1) is 5.82 Å². The van der Waals surface area contributed by atoms with Gasteiger partial charge in [0.1, 0.15) is 0 Å². The number of nitrogen functional groups attached to an aromatic ring is 1. The molecule has 2 N–H and O–H groups in total. The van der Waals surface area contributed by atoms with Crippen LogP contribution in [-0.2, 0) is 0 Å². The van der Waals surface area contributed by atoms with E-state index in [-0.39, 0.29) is 5.75 Å². The van der Waals surface area contributed by atoms with Gasteiger partial charge in [-0.05, 0) is 36.4 Å². The van der Waals surface area contributed by atoms with E-state index in [4.69, 9.17) is 22.1 Å². The highest BCUT2D eigenvalue weighted by molar-refractivity contribution is 9.10. The first-order valence-corrected chi connectivity index (χ1v) is 5.91. The number of halogens is 3. The summed E-state index contributed by atoms with van der Waals surface area (Å²) in [5.41, 5.74) is 6.07. The van der Waals surface area contributed by atoms with Crippen molar-refractivity contribution in [3.63, 3.8) is 0 Å². The smallest absolute Gasteiger partial charge is 0.165 e. The van der Waals surface area contributed by atoms with E-state index in [1.54, 1.807) is 24.3 Å². The van der Waals surface area contributed by atoms with Crippen molar-refractivity contribution < 1.29 is 9.13 Å². The summed E-state index contributed by atoms with van der Waals surface area (Å²) in [7, 11) is 0. The van der Waals surface area contributed by atoms with Crippen molar-refractivity contribution in [2.24, 2.45) is 0 Å². The van der Waals surface area contributed by atoms with Gasteiger partial charge in [-0.2, -0.15) is 0 Å². The van der Waals surface area contributed by atoms with Crippen LogP contribution in [-0.4, -0.2) is 0 Å². The number of ether oxygens (including phenoxy) is 1. The highest BCUT2D eigenvalue weighted by atomic mass is 79.9. The van der Waals surface area contributed by atoms with E-state index < -0.39 is 5.82 Å². The molecule has 0 unspecified atom stereocenters. The summed E-state index contributed by atoms with van der Waals surface area (Å²) in [6, 6.07) is 9.20. The van der Waals surface area contributed by atoms with E-state index >= 15 is 0 Å². The summed E-state index contributed by atoms with van der Waals surface area (Å²) in [5.74, 6) is 0.0161. The van der Waals surface area contributed by atoms with Gasteiger partial charge < -0.3 is 10.5 Å². The van der Waals surface area contributed by atoms with Crippen LogP contribution in [0.15, 0.2) is 40.9 Å². The molecule has 0 aliphatic heterocycles. The van der Waals surface area contributed by atoms with Crippen LogP contribution >= 0.6 is 27.5 Å². The Morgan fingerprint density at radius 1 is 1.12 bits per heavy atom. The van der Waals surface area contributed by atoms with Crippen LogP contribution in [0.5, 0.6) is 11.5 Å². The molecule has 0 atom stereocenters. The standard InChI is InChI=1S/C12H8BrClFNO/c13-7-1-3-9(15)12(5-7)17-11-4-2-8(14)6-10(11)16/h1-6H,16H2. The van der Waals surface area contributed by atoms with Gasteiger partial charge in [0.15, 0.2) is 17.3 Å². The van der Waals surface area contributed by atoms with Crippen molar-refractivity contribution in [3.8, 4) is 11.5 Å². The fraction of sp³-hybridized carbons (Fsp3) is 0. The van der Waals surface area contributed by atoms with Crippen molar-refractivity contribution in [1.82, 2.24) is 0 Å². The van der Waals surface area contributed by atoms with Crippen molar-refractivity contribution in [3.05, 3.63) is 51.7 Å². The summed E-state index contributed by atoms with van der Waals surface area (Å²) in [4.78, 5) is 0. The minimum absolute atomic E-state index is 0.105. The highest BCUT2D eigenvalue weighted by Crippen LogP contribution is 2.32. The molecule has 0 radical (unpaired) electrons. The molecule has 0 amide bonds. The molecular formula is C12H8BrClFNO. The summed E-state index contributed by atoms with van der Waals surface area (Å²) in [6.07, 6.45) is 0. The number of rotatable bonds is 2. The molecule has 5 heteroatoms. The maximum atomic E-state index is 13.5. The molecule has 0 aliphatic rings. The largest absolute Gasteiger partial charge is 0.452 e. The summed E-state index contributed by atoms with van der Waals surface area (Å²) < 4.78 is 19.6. The van der Waals surface area contributed by atoms with Gasteiger partial charge in [0, 0.05) is 9.50 Å². The van der Waals surface area contributed by atoms with Crippen LogP contribution in [0.4, 0.5) is 10.1 Å². The van der Waals surface area contributed by atoms with Gasteiger partial charge in [0.05, 0.1) is 5.69 Å². The van der Waals surface area contributed by atoms with Crippen LogP contribution < -0.4 is 10.5 Å². The van der Waals surface area contributed by atoms with Gasteiger partial charge in [0.25, 0.3) is 0 Å². The lowest BCUT2D eigenvalue weighted by Gasteiger charge is -2.09. The number of hydrogen-bond donors (Lipinski definition) is 1. The number of benzene rings is 2. The molecule has 0 aliphatic carbocycles. The molecule has 0 saturated carbocycles. The summed E-state index contributed by atoms with van der Waals surface area (Å²) in [6.45, 7) is 0. The zero-order valence-electron chi connectivity index (χ0n) is 8.58.